The summed E-state index contributed by atoms with van der Waals surface area (Å²) in [5, 5.41) is 4.94. The van der Waals surface area contributed by atoms with Crippen LogP contribution in [0.3, 0.4) is 0 Å². The quantitative estimate of drug-likeness (QED) is 0.210. The second kappa shape index (κ2) is 9.79. The van der Waals surface area contributed by atoms with Crippen molar-refractivity contribution in [1.82, 2.24) is 19.9 Å². The Morgan fingerprint density at radius 1 is 0.318 bits per heavy atom. The lowest BCUT2D eigenvalue weighted by Crippen LogP contribution is -1.91. The molecule has 0 spiro atoms. The van der Waals surface area contributed by atoms with E-state index in [2.05, 4.69) is 119 Å². The van der Waals surface area contributed by atoms with Gasteiger partial charge < -0.3 is 9.97 Å². The van der Waals surface area contributed by atoms with Crippen molar-refractivity contribution in [2.24, 2.45) is 0 Å². The first-order valence-corrected chi connectivity index (χ1v) is 14.8. The van der Waals surface area contributed by atoms with E-state index in [1.54, 1.807) is 0 Å². The lowest BCUT2D eigenvalue weighted by Gasteiger charge is -2.18. The van der Waals surface area contributed by atoms with Gasteiger partial charge in [0.25, 0.3) is 0 Å². The summed E-state index contributed by atoms with van der Waals surface area (Å²) in [6.07, 6.45) is 0. The first kappa shape index (κ1) is 24.6. The summed E-state index contributed by atoms with van der Waals surface area (Å²) in [5.41, 5.74) is 11.0. The average Bonchev–Trinajstić information content (AvgIpc) is 3.72. The highest BCUT2D eigenvalue weighted by Crippen LogP contribution is 2.44. The minimum absolute atomic E-state index is 0.883. The molecule has 0 saturated carbocycles. The standard InChI is InChI=1S/C40H26N4/c1-2-10-30-29(9-1)37(25-17-21-27(22-18-25)39-41-33-13-5-6-14-34(33)42-39)31-11-3-4-12-32(31)38(30)26-19-23-28(24-20-26)40-43-35-15-7-8-16-36(35)44-40/h1-24H,(H,41,42)(H,43,44). The lowest BCUT2D eigenvalue weighted by molar-refractivity contribution is 1.34. The Morgan fingerprint density at radius 3 is 1.00 bits per heavy atom. The summed E-state index contributed by atoms with van der Waals surface area (Å²) in [6.45, 7) is 0. The van der Waals surface area contributed by atoms with Crippen molar-refractivity contribution in [3.63, 3.8) is 0 Å². The van der Waals surface area contributed by atoms with Crippen molar-refractivity contribution in [3.05, 3.63) is 146 Å². The molecule has 7 aromatic carbocycles. The second-order valence-electron chi connectivity index (χ2n) is 11.2. The number of aromatic nitrogens is 4. The molecule has 0 atom stereocenters. The van der Waals surface area contributed by atoms with Crippen LogP contribution >= 0.6 is 0 Å². The highest BCUT2D eigenvalue weighted by molar-refractivity contribution is 6.21. The van der Waals surface area contributed by atoms with Crippen LogP contribution in [-0.4, -0.2) is 19.9 Å². The zero-order valence-corrected chi connectivity index (χ0v) is 23.8. The van der Waals surface area contributed by atoms with E-state index in [0.29, 0.717) is 0 Å². The maximum absolute atomic E-state index is 4.81. The summed E-state index contributed by atoms with van der Waals surface area (Å²) in [4.78, 5) is 16.5. The molecule has 206 valence electrons. The van der Waals surface area contributed by atoms with E-state index in [0.717, 1.165) is 44.8 Å². The molecule has 0 unspecified atom stereocenters. The van der Waals surface area contributed by atoms with Crippen LogP contribution < -0.4 is 0 Å². The van der Waals surface area contributed by atoms with E-state index < -0.39 is 0 Å². The Morgan fingerprint density at radius 2 is 0.636 bits per heavy atom. The maximum Gasteiger partial charge on any atom is 0.138 e. The van der Waals surface area contributed by atoms with Crippen molar-refractivity contribution in [2.75, 3.05) is 0 Å². The lowest BCUT2D eigenvalue weighted by atomic mass is 9.85. The first-order chi connectivity index (χ1) is 21.8. The Labute approximate surface area is 253 Å². The third-order valence-corrected chi connectivity index (χ3v) is 8.60. The molecule has 9 aromatic rings. The maximum atomic E-state index is 4.81. The number of H-pyrrole nitrogens is 2. The minimum Gasteiger partial charge on any atom is -0.338 e. The minimum atomic E-state index is 0.883. The summed E-state index contributed by atoms with van der Waals surface area (Å²) in [5.74, 6) is 1.77. The summed E-state index contributed by atoms with van der Waals surface area (Å²) in [6, 6.07) is 51.4. The van der Waals surface area contributed by atoms with Gasteiger partial charge in [0.1, 0.15) is 11.6 Å². The highest BCUT2D eigenvalue weighted by Gasteiger charge is 2.17. The van der Waals surface area contributed by atoms with Gasteiger partial charge in [-0.2, -0.15) is 0 Å². The molecule has 4 heteroatoms. The number of benzene rings is 7. The molecule has 2 heterocycles. The SMILES string of the molecule is c1ccc2[nH]c(-c3ccc(-c4c5ccccc5c(-c5ccc(-c6nc7ccccc7[nH]6)cc5)c5ccccc45)cc3)nc2c1. The van der Waals surface area contributed by atoms with Gasteiger partial charge in [0, 0.05) is 11.1 Å². The van der Waals surface area contributed by atoms with Gasteiger partial charge in [-0.25, -0.2) is 9.97 Å². The number of nitrogens with zero attached hydrogens (tertiary/aromatic N) is 2. The van der Waals surface area contributed by atoms with Crippen LogP contribution in [-0.2, 0) is 0 Å². The van der Waals surface area contributed by atoms with Gasteiger partial charge >= 0.3 is 0 Å². The van der Waals surface area contributed by atoms with Gasteiger partial charge in [-0.15, -0.1) is 0 Å². The fourth-order valence-corrected chi connectivity index (χ4v) is 6.52. The second-order valence-corrected chi connectivity index (χ2v) is 11.2. The first-order valence-electron chi connectivity index (χ1n) is 14.8. The molecule has 0 aliphatic rings. The van der Waals surface area contributed by atoms with Crippen LogP contribution in [0.15, 0.2) is 146 Å². The van der Waals surface area contributed by atoms with Gasteiger partial charge in [0.15, 0.2) is 0 Å². The molecule has 0 bridgehead atoms. The molecule has 0 amide bonds. The third kappa shape index (κ3) is 3.92. The fourth-order valence-electron chi connectivity index (χ4n) is 6.52. The molecule has 0 saturated heterocycles. The molecule has 0 radical (unpaired) electrons. The molecular formula is C40H26N4. The monoisotopic (exact) mass is 562 g/mol. The Kier molecular flexibility index (Phi) is 5.47. The molecule has 0 aliphatic carbocycles. The summed E-state index contributed by atoms with van der Waals surface area (Å²) >= 11 is 0. The van der Waals surface area contributed by atoms with Crippen LogP contribution in [0.4, 0.5) is 0 Å². The van der Waals surface area contributed by atoms with Crippen molar-refractivity contribution in [2.45, 2.75) is 0 Å². The van der Waals surface area contributed by atoms with E-state index in [1.807, 2.05) is 36.4 Å². The average molecular weight is 563 g/mol. The number of nitrogens with one attached hydrogen (secondary N) is 2. The normalized spacial score (nSPS) is 11.6. The molecule has 2 N–H and O–H groups in total. The molecule has 0 aliphatic heterocycles. The van der Waals surface area contributed by atoms with E-state index in [4.69, 9.17) is 9.97 Å². The number of rotatable bonds is 4. The number of fused-ring (bicyclic) bond motifs is 4. The van der Waals surface area contributed by atoms with Gasteiger partial charge in [-0.1, -0.05) is 121 Å². The molecule has 44 heavy (non-hydrogen) atoms. The van der Waals surface area contributed by atoms with E-state index in [-0.39, 0.29) is 0 Å². The van der Waals surface area contributed by atoms with Crippen molar-refractivity contribution < 1.29 is 0 Å². The van der Waals surface area contributed by atoms with Crippen LogP contribution in [0.1, 0.15) is 0 Å². The third-order valence-electron chi connectivity index (χ3n) is 8.60. The summed E-state index contributed by atoms with van der Waals surface area (Å²) < 4.78 is 0. The molecule has 2 aromatic heterocycles. The smallest absolute Gasteiger partial charge is 0.138 e. The van der Waals surface area contributed by atoms with Gasteiger partial charge in [-0.05, 0) is 68.1 Å². The van der Waals surface area contributed by atoms with Gasteiger partial charge in [-0.3, -0.25) is 0 Å². The predicted octanol–water partition coefficient (Wildman–Crippen LogP) is 10.4. The Balaban J connectivity index is 1.18. The van der Waals surface area contributed by atoms with Crippen LogP contribution in [0.2, 0.25) is 0 Å². The van der Waals surface area contributed by atoms with E-state index in [9.17, 15) is 0 Å². The zero-order valence-electron chi connectivity index (χ0n) is 23.8. The molecule has 0 fully saturated rings. The fraction of sp³-hybridized carbons (Fsp3) is 0. The van der Waals surface area contributed by atoms with Crippen molar-refractivity contribution in [1.29, 1.82) is 0 Å². The van der Waals surface area contributed by atoms with Crippen molar-refractivity contribution in [3.8, 4) is 45.0 Å². The topological polar surface area (TPSA) is 57.4 Å². The Bertz CT molecular complexity index is 2180. The Hall–Kier alpha value is -6.00. The van der Waals surface area contributed by atoms with E-state index in [1.165, 1.54) is 43.8 Å². The van der Waals surface area contributed by atoms with Crippen LogP contribution in [0, 0.1) is 0 Å². The van der Waals surface area contributed by atoms with Crippen LogP contribution in [0.5, 0.6) is 0 Å². The largest absolute Gasteiger partial charge is 0.338 e. The number of aromatic amines is 2. The van der Waals surface area contributed by atoms with Gasteiger partial charge in [0.05, 0.1) is 22.1 Å². The zero-order chi connectivity index (χ0) is 29.0. The number of hydrogen-bond donors (Lipinski definition) is 2. The predicted molar refractivity (Wildman–Crippen MR) is 183 cm³/mol. The number of imidazole rings is 2. The molecular weight excluding hydrogens is 536 g/mol. The number of para-hydroxylation sites is 4. The van der Waals surface area contributed by atoms with Gasteiger partial charge in [0.2, 0.25) is 0 Å². The highest BCUT2D eigenvalue weighted by atomic mass is 14.9. The molecule has 4 nitrogen and oxygen atoms in total. The summed E-state index contributed by atoms with van der Waals surface area (Å²) in [7, 11) is 0. The molecule has 9 rings (SSSR count). The van der Waals surface area contributed by atoms with E-state index >= 15 is 0 Å². The van der Waals surface area contributed by atoms with Crippen molar-refractivity contribution >= 4 is 43.6 Å². The van der Waals surface area contributed by atoms with Crippen LogP contribution in [0.25, 0.3) is 88.6 Å². The number of hydrogen-bond acceptors (Lipinski definition) is 2.